The fourth-order valence-corrected chi connectivity index (χ4v) is 1.67. The molecule has 1 aromatic heterocycles. The first-order chi connectivity index (χ1) is 8.85. The van der Waals surface area contributed by atoms with Crippen LogP contribution in [0.3, 0.4) is 0 Å². The van der Waals surface area contributed by atoms with Gasteiger partial charge in [0, 0.05) is 13.2 Å². The van der Waals surface area contributed by atoms with E-state index in [1.165, 1.54) is 18.2 Å². The van der Waals surface area contributed by atoms with Crippen LogP contribution in [0, 0.1) is 0 Å². The minimum atomic E-state index is -4.71. The van der Waals surface area contributed by atoms with Crippen LogP contribution in [0.1, 0.15) is 17.3 Å². The second-order valence-corrected chi connectivity index (χ2v) is 4.06. The SMILES string of the molecule is Cn1cnc(C(N)c2cccc(OC(F)(F)F)c2)c1. The first-order valence-corrected chi connectivity index (χ1v) is 5.44. The number of hydrogen-bond donors (Lipinski definition) is 1. The third kappa shape index (κ3) is 3.47. The molecule has 0 bridgehead atoms. The minimum Gasteiger partial charge on any atom is -0.406 e. The Morgan fingerprint density at radius 3 is 2.68 bits per heavy atom. The van der Waals surface area contributed by atoms with E-state index in [9.17, 15) is 13.2 Å². The molecule has 1 aromatic carbocycles. The molecule has 0 aliphatic carbocycles. The fraction of sp³-hybridized carbons (Fsp3) is 0.250. The smallest absolute Gasteiger partial charge is 0.406 e. The van der Waals surface area contributed by atoms with E-state index >= 15 is 0 Å². The van der Waals surface area contributed by atoms with E-state index < -0.39 is 12.4 Å². The molecule has 7 heteroatoms. The van der Waals surface area contributed by atoms with Crippen molar-refractivity contribution in [2.75, 3.05) is 0 Å². The number of benzene rings is 1. The number of aromatic nitrogens is 2. The van der Waals surface area contributed by atoms with Crippen molar-refractivity contribution in [3.05, 3.63) is 48.0 Å². The number of alkyl halides is 3. The molecule has 2 aromatic rings. The van der Waals surface area contributed by atoms with Crippen molar-refractivity contribution < 1.29 is 17.9 Å². The van der Waals surface area contributed by atoms with Gasteiger partial charge in [0.05, 0.1) is 18.1 Å². The summed E-state index contributed by atoms with van der Waals surface area (Å²) in [6.45, 7) is 0. The molecule has 0 amide bonds. The number of hydrogen-bond acceptors (Lipinski definition) is 3. The molecule has 0 radical (unpaired) electrons. The van der Waals surface area contributed by atoms with Crippen LogP contribution in [-0.2, 0) is 7.05 Å². The van der Waals surface area contributed by atoms with Gasteiger partial charge in [-0.15, -0.1) is 13.2 Å². The van der Waals surface area contributed by atoms with Crippen molar-refractivity contribution in [3.8, 4) is 5.75 Å². The Kier molecular flexibility index (Phi) is 3.48. The first kappa shape index (κ1) is 13.4. The molecule has 1 unspecified atom stereocenters. The zero-order valence-electron chi connectivity index (χ0n) is 10.1. The van der Waals surface area contributed by atoms with E-state index in [1.54, 1.807) is 30.2 Å². The third-order valence-corrected chi connectivity index (χ3v) is 2.49. The van der Waals surface area contributed by atoms with E-state index in [2.05, 4.69) is 9.72 Å². The lowest BCUT2D eigenvalue weighted by Gasteiger charge is -2.13. The van der Waals surface area contributed by atoms with Crippen LogP contribution in [0.5, 0.6) is 5.75 Å². The molecular formula is C12H12F3N3O. The molecule has 4 nitrogen and oxygen atoms in total. The van der Waals surface area contributed by atoms with E-state index in [1.807, 2.05) is 0 Å². The highest BCUT2D eigenvalue weighted by Crippen LogP contribution is 2.26. The zero-order valence-corrected chi connectivity index (χ0v) is 10.1. The summed E-state index contributed by atoms with van der Waals surface area (Å²) >= 11 is 0. The van der Waals surface area contributed by atoms with Gasteiger partial charge in [0.2, 0.25) is 0 Å². The van der Waals surface area contributed by atoms with Gasteiger partial charge in [-0.1, -0.05) is 12.1 Å². The highest BCUT2D eigenvalue weighted by molar-refractivity contribution is 5.34. The molecule has 102 valence electrons. The molecule has 0 aliphatic rings. The molecule has 2 rings (SSSR count). The summed E-state index contributed by atoms with van der Waals surface area (Å²) in [7, 11) is 1.78. The molecule has 2 N–H and O–H groups in total. The molecule has 1 heterocycles. The number of aryl methyl sites for hydroxylation is 1. The van der Waals surface area contributed by atoms with Crippen molar-refractivity contribution in [2.45, 2.75) is 12.4 Å². The molecule has 0 saturated heterocycles. The summed E-state index contributed by atoms with van der Waals surface area (Å²) < 4.78 is 42.0. The first-order valence-electron chi connectivity index (χ1n) is 5.44. The van der Waals surface area contributed by atoms with Gasteiger partial charge in [-0.3, -0.25) is 0 Å². The van der Waals surface area contributed by atoms with Crippen molar-refractivity contribution >= 4 is 0 Å². The quantitative estimate of drug-likeness (QED) is 0.932. The van der Waals surface area contributed by atoms with Gasteiger partial charge < -0.3 is 15.0 Å². The maximum absolute atomic E-state index is 12.1. The van der Waals surface area contributed by atoms with Crippen molar-refractivity contribution in [1.29, 1.82) is 0 Å². The normalized spacial score (nSPS) is 13.3. The van der Waals surface area contributed by atoms with Crippen LogP contribution in [0.15, 0.2) is 36.8 Å². The Hall–Kier alpha value is -2.02. The average molecular weight is 271 g/mol. The van der Waals surface area contributed by atoms with Gasteiger partial charge in [0.1, 0.15) is 5.75 Å². The second kappa shape index (κ2) is 4.93. The number of imidazole rings is 1. The fourth-order valence-electron chi connectivity index (χ4n) is 1.67. The van der Waals surface area contributed by atoms with Crippen LogP contribution in [0.25, 0.3) is 0 Å². The lowest BCUT2D eigenvalue weighted by Crippen LogP contribution is -2.18. The molecule has 0 spiro atoms. The van der Waals surface area contributed by atoms with Crippen molar-refractivity contribution in [3.63, 3.8) is 0 Å². The number of nitrogens with two attached hydrogens (primary N) is 1. The van der Waals surface area contributed by atoms with E-state index in [0.717, 1.165) is 0 Å². The average Bonchev–Trinajstić information content (AvgIpc) is 2.73. The predicted molar refractivity (Wildman–Crippen MR) is 62.4 cm³/mol. The molecule has 0 saturated carbocycles. The Labute approximate surface area is 107 Å². The summed E-state index contributed by atoms with van der Waals surface area (Å²) in [5.74, 6) is -0.295. The Bertz CT molecular complexity index is 565. The van der Waals surface area contributed by atoms with Gasteiger partial charge in [-0.05, 0) is 17.7 Å². The number of halogens is 3. The third-order valence-electron chi connectivity index (χ3n) is 2.49. The highest BCUT2D eigenvalue weighted by Gasteiger charge is 2.31. The number of rotatable bonds is 3. The van der Waals surface area contributed by atoms with Crippen molar-refractivity contribution in [2.24, 2.45) is 12.8 Å². The molecule has 19 heavy (non-hydrogen) atoms. The molecule has 0 aliphatic heterocycles. The monoisotopic (exact) mass is 271 g/mol. The van der Waals surface area contributed by atoms with Gasteiger partial charge in [0.25, 0.3) is 0 Å². The van der Waals surface area contributed by atoms with Crippen LogP contribution in [-0.4, -0.2) is 15.9 Å². The highest BCUT2D eigenvalue weighted by atomic mass is 19.4. The number of ether oxygens (including phenoxy) is 1. The van der Waals surface area contributed by atoms with Crippen LogP contribution < -0.4 is 10.5 Å². The van der Waals surface area contributed by atoms with Gasteiger partial charge >= 0.3 is 6.36 Å². The van der Waals surface area contributed by atoms with Gasteiger partial charge in [0.15, 0.2) is 0 Å². The summed E-state index contributed by atoms with van der Waals surface area (Å²) in [6.07, 6.45) is -1.43. The van der Waals surface area contributed by atoms with E-state index in [-0.39, 0.29) is 5.75 Å². The maximum Gasteiger partial charge on any atom is 0.573 e. The summed E-state index contributed by atoms with van der Waals surface area (Å²) in [5, 5.41) is 0. The predicted octanol–water partition coefficient (Wildman–Crippen LogP) is 2.37. The summed E-state index contributed by atoms with van der Waals surface area (Å²) in [5.41, 5.74) is 7.03. The minimum absolute atomic E-state index is 0.295. The summed E-state index contributed by atoms with van der Waals surface area (Å²) in [6, 6.07) is 4.97. The van der Waals surface area contributed by atoms with E-state index in [4.69, 9.17) is 5.73 Å². The van der Waals surface area contributed by atoms with Gasteiger partial charge in [-0.25, -0.2) is 4.98 Å². The number of nitrogens with zero attached hydrogens (tertiary/aromatic N) is 2. The topological polar surface area (TPSA) is 53.1 Å². The maximum atomic E-state index is 12.1. The van der Waals surface area contributed by atoms with Crippen molar-refractivity contribution in [1.82, 2.24) is 9.55 Å². The van der Waals surface area contributed by atoms with Crippen LogP contribution in [0.2, 0.25) is 0 Å². The van der Waals surface area contributed by atoms with E-state index in [0.29, 0.717) is 11.3 Å². The zero-order chi connectivity index (χ0) is 14.0. The van der Waals surface area contributed by atoms with Crippen LogP contribution >= 0.6 is 0 Å². The Morgan fingerprint density at radius 2 is 2.11 bits per heavy atom. The largest absolute Gasteiger partial charge is 0.573 e. The Balaban J connectivity index is 2.23. The molecule has 0 fully saturated rings. The van der Waals surface area contributed by atoms with Crippen LogP contribution in [0.4, 0.5) is 13.2 Å². The lowest BCUT2D eigenvalue weighted by molar-refractivity contribution is -0.274. The van der Waals surface area contributed by atoms with Gasteiger partial charge in [-0.2, -0.15) is 0 Å². The Morgan fingerprint density at radius 1 is 1.37 bits per heavy atom. The second-order valence-electron chi connectivity index (χ2n) is 4.06. The molecular weight excluding hydrogens is 259 g/mol. The standard InChI is InChI=1S/C12H12F3N3O/c1-18-6-10(17-7-18)11(16)8-3-2-4-9(5-8)19-12(13,14)15/h2-7,11H,16H2,1H3. The molecule has 1 atom stereocenters. The summed E-state index contributed by atoms with van der Waals surface area (Å²) in [4.78, 5) is 4.07. The lowest BCUT2D eigenvalue weighted by atomic mass is 10.1.